The van der Waals surface area contributed by atoms with Crippen LogP contribution in [0.25, 0.3) is 0 Å². The van der Waals surface area contributed by atoms with E-state index in [1.165, 1.54) is 37.0 Å². The maximum absolute atomic E-state index is 12.3. The molecule has 0 N–H and O–H groups in total. The van der Waals surface area contributed by atoms with Gasteiger partial charge in [0.05, 0.1) is 6.61 Å². The van der Waals surface area contributed by atoms with Gasteiger partial charge in [0.25, 0.3) is 0 Å². The van der Waals surface area contributed by atoms with Crippen LogP contribution in [0.5, 0.6) is 0 Å². The lowest BCUT2D eigenvalue weighted by atomic mass is 10.0. The number of esters is 1. The van der Waals surface area contributed by atoms with Gasteiger partial charge in [-0.25, -0.2) is 9.59 Å². The molecular weight excluding hydrogens is 318 g/mol. The fourth-order valence-corrected chi connectivity index (χ4v) is 2.61. The van der Waals surface area contributed by atoms with Gasteiger partial charge in [0.15, 0.2) is 0 Å². The fourth-order valence-electron chi connectivity index (χ4n) is 2.61. The number of terminal acetylenes is 1. The van der Waals surface area contributed by atoms with E-state index in [4.69, 9.17) is 15.9 Å². The number of carbonyl (C=O) groups is 2. The van der Waals surface area contributed by atoms with E-state index in [9.17, 15) is 9.59 Å². The SMILES string of the molecule is C#CCCOC(=O)N(C)C(C(=O)OCCCCCCCCC)C(C)C. The van der Waals surface area contributed by atoms with Crippen molar-refractivity contribution in [2.24, 2.45) is 5.92 Å². The van der Waals surface area contributed by atoms with E-state index in [1.807, 2.05) is 13.8 Å². The molecule has 0 bridgehead atoms. The summed E-state index contributed by atoms with van der Waals surface area (Å²) >= 11 is 0. The van der Waals surface area contributed by atoms with Gasteiger partial charge < -0.3 is 9.47 Å². The Labute approximate surface area is 153 Å². The van der Waals surface area contributed by atoms with Crippen molar-refractivity contribution in [3.63, 3.8) is 0 Å². The van der Waals surface area contributed by atoms with E-state index in [0.717, 1.165) is 12.8 Å². The lowest BCUT2D eigenvalue weighted by molar-refractivity contribution is -0.150. The van der Waals surface area contributed by atoms with Crippen molar-refractivity contribution >= 4 is 12.1 Å². The molecule has 0 heterocycles. The van der Waals surface area contributed by atoms with Gasteiger partial charge in [0.2, 0.25) is 0 Å². The number of carbonyl (C=O) groups excluding carboxylic acids is 2. The molecule has 144 valence electrons. The minimum atomic E-state index is -0.650. The molecule has 1 unspecified atom stereocenters. The Bertz CT molecular complexity index is 414. The first-order valence-electron chi connectivity index (χ1n) is 9.45. The topological polar surface area (TPSA) is 55.8 Å². The van der Waals surface area contributed by atoms with Crippen LogP contribution in [-0.2, 0) is 14.3 Å². The molecule has 0 fully saturated rings. The molecule has 5 heteroatoms. The summed E-state index contributed by atoms with van der Waals surface area (Å²) in [4.78, 5) is 25.6. The normalized spacial score (nSPS) is 11.7. The maximum atomic E-state index is 12.3. The van der Waals surface area contributed by atoms with E-state index < -0.39 is 12.1 Å². The van der Waals surface area contributed by atoms with Crippen LogP contribution in [0, 0.1) is 18.3 Å². The van der Waals surface area contributed by atoms with Crippen LogP contribution in [0.2, 0.25) is 0 Å². The van der Waals surface area contributed by atoms with Crippen LogP contribution in [-0.4, -0.2) is 43.3 Å². The van der Waals surface area contributed by atoms with Crippen molar-refractivity contribution in [1.29, 1.82) is 0 Å². The van der Waals surface area contributed by atoms with E-state index in [1.54, 1.807) is 7.05 Å². The lowest BCUT2D eigenvalue weighted by Gasteiger charge is -2.28. The van der Waals surface area contributed by atoms with E-state index in [-0.39, 0.29) is 18.5 Å². The third-order valence-electron chi connectivity index (χ3n) is 4.04. The Morgan fingerprint density at radius 2 is 1.60 bits per heavy atom. The van der Waals surface area contributed by atoms with Gasteiger partial charge in [-0.15, -0.1) is 12.3 Å². The van der Waals surface area contributed by atoms with Crippen LogP contribution < -0.4 is 0 Å². The monoisotopic (exact) mass is 353 g/mol. The number of rotatable bonds is 13. The average Bonchev–Trinajstić information content (AvgIpc) is 2.57. The molecule has 0 aliphatic heterocycles. The second kappa shape index (κ2) is 14.6. The minimum Gasteiger partial charge on any atom is -0.464 e. The van der Waals surface area contributed by atoms with Crippen molar-refractivity contribution in [2.75, 3.05) is 20.3 Å². The smallest absolute Gasteiger partial charge is 0.410 e. The van der Waals surface area contributed by atoms with Gasteiger partial charge in [0.1, 0.15) is 12.6 Å². The van der Waals surface area contributed by atoms with Crippen LogP contribution in [0.1, 0.15) is 72.1 Å². The number of likely N-dealkylation sites (N-methyl/N-ethyl adjacent to an activating group) is 1. The molecule has 0 aliphatic rings. The molecule has 0 aliphatic carbocycles. The number of ether oxygens (including phenoxy) is 2. The van der Waals surface area contributed by atoms with Gasteiger partial charge >= 0.3 is 12.1 Å². The summed E-state index contributed by atoms with van der Waals surface area (Å²) in [6.45, 7) is 6.51. The third-order valence-corrected chi connectivity index (χ3v) is 4.04. The molecule has 0 saturated carbocycles. The van der Waals surface area contributed by atoms with Crippen molar-refractivity contribution in [1.82, 2.24) is 4.90 Å². The van der Waals surface area contributed by atoms with Gasteiger partial charge in [0, 0.05) is 13.5 Å². The Morgan fingerprint density at radius 3 is 2.16 bits per heavy atom. The number of nitrogens with zero attached hydrogens (tertiary/aromatic N) is 1. The molecule has 5 nitrogen and oxygen atoms in total. The van der Waals surface area contributed by atoms with Gasteiger partial charge in [-0.1, -0.05) is 59.3 Å². The Morgan fingerprint density at radius 1 is 1.00 bits per heavy atom. The Balaban J connectivity index is 4.19. The maximum Gasteiger partial charge on any atom is 0.410 e. The highest BCUT2D eigenvalue weighted by Crippen LogP contribution is 2.13. The summed E-state index contributed by atoms with van der Waals surface area (Å²) in [5.74, 6) is 1.96. The van der Waals surface area contributed by atoms with Crippen LogP contribution in [0.3, 0.4) is 0 Å². The zero-order valence-electron chi connectivity index (χ0n) is 16.4. The molecule has 0 radical (unpaired) electrons. The highest BCUT2D eigenvalue weighted by atomic mass is 16.6. The fraction of sp³-hybridized carbons (Fsp3) is 0.800. The molecule has 1 atom stereocenters. The summed E-state index contributed by atoms with van der Waals surface area (Å²) < 4.78 is 10.4. The summed E-state index contributed by atoms with van der Waals surface area (Å²) in [6.07, 6.45) is 13.1. The number of unbranched alkanes of at least 4 members (excludes halogenated alkanes) is 6. The van der Waals surface area contributed by atoms with Crippen molar-refractivity contribution < 1.29 is 19.1 Å². The number of hydrogen-bond donors (Lipinski definition) is 0. The first-order valence-corrected chi connectivity index (χ1v) is 9.45. The summed E-state index contributed by atoms with van der Waals surface area (Å²) in [5, 5.41) is 0. The molecule has 0 saturated heterocycles. The van der Waals surface area contributed by atoms with E-state index in [0.29, 0.717) is 13.0 Å². The number of hydrogen-bond acceptors (Lipinski definition) is 4. The van der Waals surface area contributed by atoms with Gasteiger partial charge in [-0.05, 0) is 12.3 Å². The van der Waals surface area contributed by atoms with Crippen molar-refractivity contribution in [2.45, 2.75) is 78.2 Å². The predicted octanol–water partition coefficient (Wildman–Crippen LogP) is 4.40. The first-order chi connectivity index (χ1) is 12.0. The zero-order valence-corrected chi connectivity index (χ0v) is 16.4. The zero-order chi connectivity index (χ0) is 19.1. The predicted molar refractivity (Wildman–Crippen MR) is 100 cm³/mol. The van der Waals surface area contributed by atoms with Gasteiger partial charge in [-0.3, -0.25) is 4.90 Å². The summed E-state index contributed by atoms with van der Waals surface area (Å²) in [7, 11) is 1.55. The standard InChI is InChI=1S/C20H35NO4/c1-6-8-10-11-12-13-14-16-24-19(22)18(17(3)4)21(5)20(23)25-15-9-7-2/h2,17-18H,6,8-16H2,1,3-5H3. The molecule has 25 heavy (non-hydrogen) atoms. The van der Waals surface area contributed by atoms with Gasteiger partial charge in [-0.2, -0.15) is 0 Å². The second-order valence-corrected chi connectivity index (χ2v) is 6.66. The van der Waals surface area contributed by atoms with Crippen molar-refractivity contribution in [3.05, 3.63) is 0 Å². The van der Waals surface area contributed by atoms with Crippen LogP contribution >= 0.6 is 0 Å². The van der Waals surface area contributed by atoms with E-state index in [2.05, 4.69) is 12.8 Å². The number of amides is 1. The molecule has 0 aromatic carbocycles. The average molecular weight is 354 g/mol. The molecule has 0 aromatic rings. The molecule has 1 amide bonds. The first kappa shape index (κ1) is 23.3. The minimum absolute atomic E-state index is 0.0632. The second-order valence-electron chi connectivity index (χ2n) is 6.66. The molecular formula is C20H35NO4. The summed E-state index contributed by atoms with van der Waals surface area (Å²) in [5.41, 5.74) is 0. The highest BCUT2D eigenvalue weighted by molar-refractivity contribution is 5.81. The van der Waals surface area contributed by atoms with Crippen LogP contribution in [0.4, 0.5) is 4.79 Å². The quantitative estimate of drug-likeness (QED) is 0.280. The highest BCUT2D eigenvalue weighted by Gasteiger charge is 2.31. The summed E-state index contributed by atoms with van der Waals surface area (Å²) in [6, 6.07) is -0.650. The Kier molecular flexibility index (Phi) is 13.6. The molecule has 0 spiro atoms. The largest absolute Gasteiger partial charge is 0.464 e. The van der Waals surface area contributed by atoms with Crippen molar-refractivity contribution in [3.8, 4) is 12.3 Å². The molecule has 0 aromatic heterocycles. The Hall–Kier alpha value is -1.70. The van der Waals surface area contributed by atoms with E-state index >= 15 is 0 Å². The third kappa shape index (κ3) is 10.7. The lowest BCUT2D eigenvalue weighted by Crippen LogP contribution is -2.46. The van der Waals surface area contributed by atoms with Crippen LogP contribution in [0.15, 0.2) is 0 Å². The molecule has 0 rings (SSSR count).